The Kier molecular flexibility index (Phi) is 5.12. The van der Waals surface area contributed by atoms with Gasteiger partial charge in [-0.2, -0.15) is 0 Å². The molecule has 172 valence electrons. The van der Waals surface area contributed by atoms with Crippen molar-refractivity contribution in [1.82, 2.24) is 0 Å². The largest absolute Gasteiger partial charge is 0.464 e. The molecule has 31 heavy (non-hydrogen) atoms. The smallest absolute Gasteiger partial charge is 0.311 e. The summed E-state index contributed by atoms with van der Waals surface area (Å²) in [6.07, 6.45) is 9.87. The Bertz CT molecular complexity index is 719. The third kappa shape index (κ3) is 3.28. The van der Waals surface area contributed by atoms with E-state index in [1.807, 2.05) is 0 Å². The molecule has 6 aliphatic carbocycles. The van der Waals surface area contributed by atoms with Gasteiger partial charge in [0.1, 0.15) is 6.10 Å². The van der Waals surface area contributed by atoms with Crippen molar-refractivity contribution >= 4 is 12.4 Å². The van der Waals surface area contributed by atoms with Gasteiger partial charge in [0, 0.05) is 0 Å². The third-order valence-electron chi connectivity index (χ3n) is 10.6. The maximum Gasteiger partial charge on any atom is 0.311 e. The number of ether oxygens (including phenoxy) is 3. The number of fused-ring (bicyclic) bond motifs is 11. The highest BCUT2D eigenvalue weighted by Gasteiger charge is 2.66. The van der Waals surface area contributed by atoms with Gasteiger partial charge in [-0.3, -0.25) is 9.59 Å². The first-order chi connectivity index (χ1) is 15.0. The van der Waals surface area contributed by atoms with Gasteiger partial charge in [-0.15, -0.1) is 0 Å². The lowest BCUT2D eigenvalue weighted by molar-refractivity contribution is -0.181. The highest BCUT2D eigenvalue weighted by Crippen LogP contribution is 2.69. The second kappa shape index (κ2) is 7.74. The minimum absolute atomic E-state index is 0.0222. The Balaban J connectivity index is 1.04. The molecule has 0 heterocycles. The van der Waals surface area contributed by atoms with Gasteiger partial charge in [-0.05, 0) is 111 Å². The van der Waals surface area contributed by atoms with E-state index in [9.17, 15) is 9.59 Å². The summed E-state index contributed by atoms with van der Waals surface area (Å²) < 4.78 is 17.4. The molecule has 13 atom stereocenters. The molecule has 6 rings (SSSR count). The van der Waals surface area contributed by atoms with E-state index in [4.69, 9.17) is 14.2 Å². The second-order valence-corrected chi connectivity index (χ2v) is 12.2. The van der Waals surface area contributed by atoms with E-state index in [1.165, 1.54) is 32.1 Å². The zero-order chi connectivity index (χ0) is 21.3. The van der Waals surface area contributed by atoms with Crippen LogP contribution in [-0.2, 0) is 23.8 Å². The second-order valence-electron chi connectivity index (χ2n) is 12.2. The standard InChI is InChI=1S/C26H38O5/c1-13-3-15-5-14(2)25(18(4-13)6-15)30-12-31-26(28)20-8-16-7-19(20)24-21-9-17(23(16)24)10-22(21)29-11-27/h11,13-25H,3-10,12H2,1-2H3. The molecule has 6 bridgehead atoms. The molecule has 0 saturated heterocycles. The molecule has 5 nitrogen and oxygen atoms in total. The van der Waals surface area contributed by atoms with Crippen LogP contribution in [0, 0.1) is 65.1 Å². The SMILES string of the molecule is CC1CC2CC(C)C(OCOC(=O)C3CC4CC3C3C5CC(CC5OC=O)C43)C(C1)C2. The van der Waals surface area contributed by atoms with Crippen molar-refractivity contribution in [2.75, 3.05) is 6.79 Å². The zero-order valence-electron chi connectivity index (χ0n) is 19.0. The van der Waals surface area contributed by atoms with Crippen molar-refractivity contribution in [3.63, 3.8) is 0 Å². The molecule has 13 unspecified atom stereocenters. The van der Waals surface area contributed by atoms with Gasteiger partial charge in [0.15, 0.2) is 6.79 Å². The van der Waals surface area contributed by atoms with E-state index in [1.54, 1.807) is 0 Å². The molecule has 0 aromatic carbocycles. The lowest BCUT2D eigenvalue weighted by atomic mass is 9.64. The molecule has 0 amide bonds. The van der Waals surface area contributed by atoms with Crippen LogP contribution in [0.25, 0.3) is 0 Å². The first kappa shape index (κ1) is 20.5. The van der Waals surface area contributed by atoms with Crippen molar-refractivity contribution in [2.45, 2.75) is 77.4 Å². The molecule has 0 aliphatic heterocycles. The van der Waals surface area contributed by atoms with Gasteiger partial charge in [-0.1, -0.05) is 13.8 Å². The summed E-state index contributed by atoms with van der Waals surface area (Å²) in [5.74, 6) is 6.38. The van der Waals surface area contributed by atoms with E-state index >= 15 is 0 Å². The highest BCUT2D eigenvalue weighted by atomic mass is 16.7. The third-order valence-corrected chi connectivity index (χ3v) is 10.6. The number of carbonyl (C=O) groups excluding carboxylic acids is 2. The fraction of sp³-hybridized carbons (Fsp3) is 0.923. The molecule has 5 heteroatoms. The topological polar surface area (TPSA) is 61.8 Å². The summed E-state index contributed by atoms with van der Waals surface area (Å²) in [7, 11) is 0. The zero-order valence-corrected chi connectivity index (χ0v) is 19.0. The predicted octanol–water partition coefficient (Wildman–Crippen LogP) is 4.43. The maximum absolute atomic E-state index is 13.0. The predicted molar refractivity (Wildman–Crippen MR) is 113 cm³/mol. The number of esters is 1. The lowest BCUT2D eigenvalue weighted by Crippen LogP contribution is -2.43. The van der Waals surface area contributed by atoms with Crippen molar-refractivity contribution < 1.29 is 23.8 Å². The summed E-state index contributed by atoms with van der Waals surface area (Å²) >= 11 is 0. The summed E-state index contributed by atoms with van der Waals surface area (Å²) in [5, 5.41) is 0. The van der Waals surface area contributed by atoms with Crippen LogP contribution in [0.1, 0.15) is 65.2 Å². The van der Waals surface area contributed by atoms with Gasteiger partial charge >= 0.3 is 5.97 Å². The number of carbonyl (C=O) groups is 2. The lowest BCUT2D eigenvalue weighted by Gasteiger charge is -2.45. The molecule has 6 fully saturated rings. The van der Waals surface area contributed by atoms with Crippen LogP contribution in [0.3, 0.4) is 0 Å². The summed E-state index contributed by atoms with van der Waals surface area (Å²) in [4.78, 5) is 23.9. The fourth-order valence-electron chi connectivity index (χ4n) is 10.0. The van der Waals surface area contributed by atoms with Gasteiger partial charge in [0.2, 0.25) is 0 Å². The minimum Gasteiger partial charge on any atom is -0.464 e. The molecular formula is C26H38O5. The highest BCUT2D eigenvalue weighted by molar-refractivity contribution is 5.73. The summed E-state index contributed by atoms with van der Waals surface area (Å²) in [6, 6.07) is 0. The summed E-state index contributed by atoms with van der Waals surface area (Å²) in [5.41, 5.74) is 0. The van der Waals surface area contributed by atoms with Crippen molar-refractivity contribution in [3.8, 4) is 0 Å². The van der Waals surface area contributed by atoms with Crippen LogP contribution in [0.2, 0.25) is 0 Å². The minimum atomic E-state index is -0.0417. The molecule has 0 spiro atoms. The summed E-state index contributed by atoms with van der Waals surface area (Å²) in [6.45, 7) is 5.42. The molecular weight excluding hydrogens is 392 g/mol. The molecule has 0 aromatic heterocycles. The molecule has 0 aromatic rings. The number of rotatable bonds is 6. The van der Waals surface area contributed by atoms with Crippen LogP contribution in [-0.4, -0.2) is 31.4 Å². The van der Waals surface area contributed by atoms with Crippen molar-refractivity contribution in [2.24, 2.45) is 65.1 Å². The Morgan fingerprint density at radius 3 is 2.52 bits per heavy atom. The normalized spacial score (nSPS) is 53.9. The van der Waals surface area contributed by atoms with Gasteiger partial charge < -0.3 is 14.2 Å². The van der Waals surface area contributed by atoms with Crippen LogP contribution < -0.4 is 0 Å². The van der Waals surface area contributed by atoms with Crippen molar-refractivity contribution in [3.05, 3.63) is 0 Å². The number of hydrogen-bond donors (Lipinski definition) is 0. The fourth-order valence-corrected chi connectivity index (χ4v) is 10.0. The first-order valence-electron chi connectivity index (χ1n) is 12.9. The molecule has 6 saturated carbocycles. The average Bonchev–Trinajstić information content (AvgIpc) is 3.48. The van der Waals surface area contributed by atoms with Gasteiger partial charge in [0.05, 0.1) is 12.0 Å². The van der Waals surface area contributed by atoms with E-state index in [-0.39, 0.29) is 30.9 Å². The van der Waals surface area contributed by atoms with E-state index in [2.05, 4.69) is 13.8 Å². The Morgan fingerprint density at radius 1 is 0.871 bits per heavy atom. The van der Waals surface area contributed by atoms with Gasteiger partial charge in [0.25, 0.3) is 6.47 Å². The molecule has 0 N–H and O–H groups in total. The molecule has 6 aliphatic rings. The Hall–Kier alpha value is -1.10. The van der Waals surface area contributed by atoms with Crippen LogP contribution >= 0.6 is 0 Å². The average molecular weight is 431 g/mol. The maximum atomic E-state index is 13.0. The van der Waals surface area contributed by atoms with E-state index in [0.29, 0.717) is 47.9 Å². The number of hydrogen-bond acceptors (Lipinski definition) is 5. The van der Waals surface area contributed by atoms with Crippen LogP contribution in [0.15, 0.2) is 0 Å². The Labute approximate surface area is 185 Å². The van der Waals surface area contributed by atoms with Crippen molar-refractivity contribution in [1.29, 1.82) is 0 Å². The van der Waals surface area contributed by atoms with E-state index in [0.717, 1.165) is 37.0 Å². The quantitative estimate of drug-likeness (QED) is 0.270. The molecule has 0 radical (unpaired) electrons. The monoisotopic (exact) mass is 430 g/mol. The van der Waals surface area contributed by atoms with Crippen LogP contribution in [0.5, 0.6) is 0 Å². The van der Waals surface area contributed by atoms with E-state index < -0.39 is 0 Å². The van der Waals surface area contributed by atoms with Gasteiger partial charge in [-0.25, -0.2) is 0 Å². The Morgan fingerprint density at radius 2 is 1.68 bits per heavy atom. The first-order valence-corrected chi connectivity index (χ1v) is 12.9. The van der Waals surface area contributed by atoms with Crippen LogP contribution in [0.4, 0.5) is 0 Å².